The summed E-state index contributed by atoms with van der Waals surface area (Å²) in [6.45, 7) is 8.68. The molecule has 3 nitrogen and oxygen atoms in total. The molecule has 2 rings (SSSR count). The van der Waals surface area contributed by atoms with E-state index in [1.54, 1.807) is 0 Å². The molecule has 1 aliphatic carbocycles. The van der Waals surface area contributed by atoms with E-state index in [1.165, 1.54) is 25.7 Å². The Labute approximate surface area is 99.5 Å². The number of hydrogen-bond donors (Lipinski definition) is 1. The maximum Gasteiger partial charge on any atom is 0.0852 e. The molecule has 3 heteroatoms. The summed E-state index contributed by atoms with van der Waals surface area (Å²) in [7, 11) is 0. The second-order valence-corrected chi connectivity index (χ2v) is 5.12. The maximum atomic E-state index is 5.88. The lowest BCUT2D eigenvalue weighted by molar-refractivity contribution is -0.0353. The molecule has 0 aromatic rings. The average Bonchev–Trinajstić information content (AvgIpc) is 2.85. The first-order valence-electron chi connectivity index (χ1n) is 6.91. The average molecular weight is 226 g/mol. The predicted octanol–water partition coefficient (Wildman–Crippen LogP) is 1.63. The molecular formula is C13H26N2O. The van der Waals surface area contributed by atoms with E-state index in [0.717, 1.165) is 32.3 Å². The van der Waals surface area contributed by atoms with Crippen LogP contribution in [0.15, 0.2) is 0 Å². The second-order valence-electron chi connectivity index (χ2n) is 5.12. The lowest BCUT2D eigenvalue weighted by atomic mass is 10.1. The summed E-state index contributed by atoms with van der Waals surface area (Å²) in [6, 6.07) is 1.37. The molecule has 1 heterocycles. The van der Waals surface area contributed by atoms with Crippen molar-refractivity contribution in [3.63, 3.8) is 0 Å². The highest BCUT2D eigenvalue weighted by Gasteiger charge is 2.30. The normalized spacial score (nSPS) is 29.8. The van der Waals surface area contributed by atoms with E-state index in [0.29, 0.717) is 12.1 Å². The Morgan fingerprint density at radius 2 is 2.12 bits per heavy atom. The zero-order valence-corrected chi connectivity index (χ0v) is 10.7. The van der Waals surface area contributed by atoms with Gasteiger partial charge in [-0.25, -0.2) is 0 Å². The van der Waals surface area contributed by atoms with Crippen LogP contribution in [0.25, 0.3) is 0 Å². The van der Waals surface area contributed by atoms with Gasteiger partial charge in [0.05, 0.1) is 12.7 Å². The van der Waals surface area contributed by atoms with Gasteiger partial charge < -0.3 is 10.1 Å². The molecular weight excluding hydrogens is 200 g/mol. The summed E-state index contributed by atoms with van der Waals surface area (Å²) >= 11 is 0. The number of hydrogen-bond acceptors (Lipinski definition) is 3. The van der Waals surface area contributed by atoms with Gasteiger partial charge in [0.25, 0.3) is 0 Å². The Morgan fingerprint density at radius 3 is 2.69 bits per heavy atom. The van der Waals surface area contributed by atoms with Crippen LogP contribution in [-0.2, 0) is 4.74 Å². The van der Waals surface area contributed by atoms with Crippen molar-refractivity contribution in [2.75, 3.05) is 26.2 Å². The van der Waals surface area contributed by atoms with Crippen LogP contribution < -0.4 is 5.32 Å². The van der Waals surface area contributed by atoms with Crippen LogP contribution in [0, 0.1) is 0 Å². The van der Waals surface area contributed by atoms with Gasteiger partial charge in [0.15, 0.2) is 0 Å². The number of morpholine rings is 1. The molecule has 1 N–H and O–H groups in total. The van der Waals surface area contributed by atoms with Crippen molar-refractivity contribution < 1.29 is 4.74 Å². The van der Waals surface area contributed by atoms with Crippen LogP contribution in [0.3, 0.4) is 0 Å². The molecule has 2 atom stereocenters. The zero-order valence-electron chi connectivity index (χ0n) is 10.7. The smallest absolute Gasteiger partial charge is 0.0852 e. The van der Waals surface area contributed by atoms with Crippen molar-refractivity contribution in [2.45, 2.75) is 57.7 Å². The Hall–Kier alpha value is -0.120. The van der Waals surface area contributed by atoms with Crippen molar-refractivity contribution >= 4 is 0 Å². The molecule has 0 aromatic carbocycles. The number of ether oxygens (including phenoxy) is 1. The predicted molar refractivity (Wildman–Crippen MR) is 66.7 cm³/mol. The summed E-state index contributed by atoms with van der Waals surface area (Å²) in [5.41, 5.74) is 0. The second kappa shape index (κ2) is 5.99. The minimum Gasteiger partial charge on any atom is -0.374 e. The molecule has 16 heavy (non-hydrogen) atoms. The van der Waals surface area contributed by atoms with Crippen LogP contribution in [0.5, 0.6) is 0 Å². The number of rotatable bonds is 4. The summed E-state index contributed by atoms with van der Waals surface area (Å²) in [4.78, 5) is 2.66. The van der Waals surface area contributed by atoms with Gasteiger partial charge in [0.1, 0.15) is 0 Å². The summed E-state index contributed by atoms with van der Waals surface area (Å²) in [6.07, 6.45) is 5.99. The fraction of sp³-hybridized carbons (Fsp3) is 1.00. The minimum absolute atomic E-state index is 0.384. The van der Waals surface area contributed by atoms with E-state index in [4.69, 9.17) is 4.74 Å². The summed E-state index contributed by atoms with van der Waals surface area (Å²) in [5.74, 6) is 0. The monoisotopic (exact) mass is 226 g/mol. The third kappa shape index (κ3) is 2.76. The van der Waals surface area contributed by atoms with Gasteiger partial charge in [0.2, 0.25) is 0 Å². The zero-order chi connectivity index (χ0) is 11.4. The third-order valence-corrected chi connectivity index (χ3v) is 4.18. The lowest BCUT2D eigenvalue weighted by Crippen LogP contribution is -2.53. The third-order valence-electron chi connectivity index (χ3n) is 4.18. The molecule has 94 valence electrons. The van der Waals surface area contributed by atoms with E-state index >= 15 is 0 Å². The van der Waals surface area contributed by atoms with E-state index in [-0.39, 0.29) is 0 Å². The first kappa shape index (κ1) is 12.3. The molecule has 2 aliphatic rings. The Kier molecular flexibility index (Phi) is 4.62. The molecule has 0 spiro atoms. The molecule has 1 saturated heterocycles. The van der Waals surface area contributed by atoms with Crippen molar-refractivity contribution in [2.24, 2.45) is 0 Å². The Bertz CT molecular complexity index is 198. The quantitative estimate of drug-likeness (QED) is 0.788. The largest absolute Gasteiger partial charge is 0.374 e. The SMILES string of the molecule is CCN(C1CCCC1)C(C)C1CNCCO1. The molecule has 0 radical (unpaired) electrons. The minimum atomic E-state index is 0.384. The molecule has 0 amide bonds. The molecule has 2 unspecified atom stereocenters. The molecule has 0 aromatic heterocycles. The lowest BCUT2D eigenvalue weighted by Gasteiger charge is -2.39. The van der Waals surface area contributed by atoms with E-state index in [2.05, 4.69) is 24.1 Å². The van der Waals surface area contributed by atoms with E-state index < -0.39 is 0 Å². The Morgan fingerprint density at radius 1 is 1.38 bits per heavy atom. The number of nitrogens with zero attached hydrogens (tertiary/aromatic N) is 1. The maximum absolute atomic E-state index is 5.88. The summed E-state index contributed by atoms with van der Waals surface area (Å²) < 4.78 is 5.88. The van der Waals surface area contributed by atoms with E-state index in [9.17, 15) is 0 Å². The first-order chi connectivity index (χ1) is 7.83. The highest BCUT2D eigenvalue weighted by atomic mass is 16.5. The Balaban J connectivity index is 1.90. The van der Waals surface area contributed by atoms with Crippen LogP contribution >= 0.6 is 0 Å². The van der Waals surface area contributed by atoms with Gasteiger partial charge in [-0.05, 0) is 26.3 Å². The number of nitrogens with one attached hydrogen (secondary N) is 1. The first-order valence-corrected chi connectivity index (χ1v) is 6.91. The van der Waals surface area contributed by atoms with Crippen molar-refractivity contribution in [1.29, 1.82) is 0 Å². The highest BCUT2D eigenvalue weighted by molar-refractivity contribution is 4.86. The van der Waals surface area contributed by atoms with Gasteiger partial charge in [-0.1, -0.05) is 19.8 Å². The van der Waals surface area contributed by atoms with Crippen molar-refractivity contribution in [1.82, 2.24) is 10.2 Å². The van der Waals surface area contributed by atoms with E-state index in [1.807, 2.05) is 0 Å². The highest BCUT2D eigenvalue weighted by Crippen LogP contribution is 2.26. The van der Waals surface area contributed by atoms with Crippen LogP contribution in [-0.4, -0.2) is 49.3 Å². The fourth-order valence-corrected chi connectivity index (χ4v) is 3.22. The molecule has 1 aliphatic heterocycles. The van der Waals surface area contributed by atoms with Gasteiger partial charge >= 0.3 is 0 Å². The van der Waals surface area contributed by atoms with Gasteiger partial charge in [-0.15, -0.1) is 0 Å². The van der Waals surface area contributed by atoms with Crippen molar-refractivity contribution in [3.05, 3.63) is 0 Å². The standard InChI is InChI=1S/C13H26N2O/c1-3-15(12-6-4-5-7-12)11(2)13-10-14-8-9-16-13/h11-14H,3-10H2,1-2H3. The van der Waals surface area contributed by atoms with Crippen LogP contribution in [0.1, 0.15) is 39.5 Å². The number of likely N-dealkylation sites (N-methyl/N-ethyl adjacent to an activating group) is 1. The van der Waals surface area contributed by atoms with Gasteiger partial charge in [0, 0.05) is 25.2 Å². The topological polar surface area (TPSA) is 24.5 Å². The van der Waals surface area contributed by atoms with Gasteiger partial charge in [-0.2, -0.15) is 0 Å². The molecule has 1 saturated carbocycles. The van der Waals surface area contributed by atoms with Crippen LogP contribution in [0.4, 0.5) is 0 Å². The molecule has 0 bridgehead atoms. The van der Waals surface area contributed by atoms with Crippen molar-refractivity contribution in [3.8, 4) is 0 Å². The van der Waals surface area contributed by atoms with Gasteiger partial charge in [-0.3, -0.25) is 4.90 Å². The molecule has 2 fully saturated rings. The fourth-order valence-electron chi connectivity index (χ4n) is 3.22. The summed E-state index contributed by atoms with van der Waals surface area (Å²) in [5, 5.41) is 3.43. The van der Waals surface area contributed by atoms with Crippen LogP contribution in [0.2, 0.25) is 0 Å².